The number of aromatic nitrogens is 2. The molecular weight excluding hydrogens is 182 g/mol. The number of nitrogens with one attached hydrogen (secondary N) is 2. The van der Waals surface area contributed by atoms with Gasteiger partial charge in [-0.3, -0.25) is 4.72 Å². The van der Waals surface area contributed by atoms with Crippen molar-refractivity contribution in [2.24, 2.45) is 0 Å². The van der Waals surface area contributed by atoms with Crippen LogP contribution in [-0.4, -0.2) is 24.6 Å². The van der Waals surface area contributed by atoms with Gasteiger partial charge in [0.25, 0.3) is 0 Å². The lowest BCUT2D eigenvalue weighted by Gasteiger charge is -1.99. The van der Waals surface area contributed by atoms with E-state index in [-0.39, 0.29) is 5.82 Å². The highest BCUT2D eigenvalue weighted by atomic mass is 32.2. The fraction of sp³-hybridized carbons (Fsp3) is 0.200. The first-order chi connectivity index (χ1) is 5.47. The Hall–Kier alpha value is -1.37. The average Bonchev–Trinajstić information content (AvgIpc) is 1.82. The molecular formula is C5H7N3O3S. The SMILES string of the molecule is CS(=O)(=O)Nc1cc[nH]c(=O)n1. The first kappa shape index (κ1) is 8.72. The minimum absolute atomic E-state index is 0.0150. The second-order valence-corrected chi connectivity index (χ2v) is 3.90. The number of H-pyrrole nitrogens is 1. The molecule has 1 aromatic rings. The van der Waals surface area contributed by atoms with Crippen LogP contribution in [0.3, 0.4) is 0 Å². The summed E-state index contributed by atoms with van der Waals surface area (Å²) in [5.74, 6) is 0.0150. The van der Waals surface area contributed by atoms with Gasteiger partial charge in [-0.25, -0.2) is 13.2 Å². The van der Waals surface area contributed by atoms with E-state index in [1.807, 2.05) is 0 Å². The predicted molar refractivity (Wildman–Crippen MR) is 43.3 cm³/mol. The average molecular weight is 189 g/mol. The van der Waals surface area contributed by atoms with Gasteiger partial charge in [0.1, 0.15) is 5.82 Å². The molecule has 0 bridgehead atoms. The number of hydrogen-bond acceptors (Lipinski definition) is 4. The molecule has 0 saturated carbocycles. The van der Waals surface area contributed by atoms with E-state index in [2.05, 4.69) is 14.7 Å². The maximum Gasteiger partial charge on any atom is 0.346 e. The van der Waals surface area contributed by atoms with Crippen molar-refractivity contribution in [3.05, 3.63) is 22.7 Å². The molecule has 1 aromatic heterocycles. The van der Waals surface area contributed by atoms with Crippen molar-refractivity contribution in [3.63, 3.8) is 0 Å². The number of sulfonamides is 1. The van der Waals surface area contributed by atoms with Gasteiger partial charge in [-0.15, -0.1) is 0 Å². The highest BCUT2D eigenvalue weighted by Crippen LogP contribution is 1.97. The minimum atomic E-state index is -3.36. The second kappa shape index (κ2) is 2.94. The lowest BCUT2D eigenvalue weighted by molar-refractivity contribution is 0.606. The zero-order valence-electron chi connectivity index (χ0n) is 6.23. The molecule has 0 unspecified atom stereocenters. The van der Waals surface area contributed by atoms with Gasteiger partial charge in [-0.05, 0) is 6.07 Å². The molecule has 0 saturated heterocycles. The third-order valence-electron chi connectivity index (χ3n) is 0.960. The van der Waals surface area contributed by atoms with Gasteiger partial charge in [0.2, 0.25) is 10.0 Å². The van der Waals surface area contributed by atoms with Crippen LogP contribution >= 0.6 is 0 Å². The van der Waals surface area contributed by atoms with E-state index in [0.717, 1.165) is 6.26 Å². The molecule has 0 spiro atoms. The number of aromatic amines is 1. The van der Waals surface area contributed by atoms with Crippen LogP contribution in [-0.2, 0) is 10.0 Å². The Balaban J connectivity index is 2.99. The summed E-state index contributed by atoms with van der Waals surface area (Å²) in [6.45, 7) is 0. The van der Waals surface area contributed by atoms with Crippen molar-refractivity contribution in [1.29, 1.82) is 0 Å². The van der Waals surface area contributed by atoms with E-state index in [9.17, 15) is 13.2 Å². The van der Waals surface area contributed by atoms with E-state index in [4.69, 9.17) is 0 Å². The third kappa shape index (κ3) is 2.70. The molecule has 0 aromatic carbocycles. The highest BCUT2D eigenvalue weighted by molar-refractivity contribution is 7.92. The van der Waals surface area contributed by atoms with Crippen molar-refractivity contribution in [1.82, 2.24) is 9.97 Å². The van der Waals surface area contributed by atoms with Gasteiger partial charge in [0.15, 0.2) is 0 Å². The lowest BCUT2D eigenvalue weighted by Crippen LogP contribution is -2.16. The van der Waals surface area contributed by atoms with E-state index < -0.39 is 15.7 Å². The molecule has 66 valence electrons. The highest BCUT2D eigenvalue weighted by Gasteiger charge is 2.01. The van der Waals surface area contributed by atoms with Crippen molar-refractivity contribution in [2.75, 3.05) is 11.0 Å². The van der Waals surface area contributed by atoms with E-state index in [1.165, 1.54) is 12.3 Å². The Kier molecular flexibility index (Phi) is 2.13. The summed E-state index contributed by atoms with van der Waals surface area (Å²) < 4.78 is 23.4. The lowest BCUT2D eigenvalue weighted by atomic mass is 10.6. The van der Waals surface area contributed by atoms with Crippen molar-refractivity contribution >= 4 is 15.8 Å². The van der Waals surface area contributed by atoms with Crippen LogP contribution in [0.4, 0.5) is 5.82 Å². The largest absolute Gasteiger partial charge is 0.346 e. The number of anilines is 1. The van der Waals surface area contributed by atoms with Gasteiger partial charge in [0, 0.05) is 6.20 Å². The van der Waals surface area contributed by atoms with Crippen molar-refractivity contribution in [3.8, 4) is 0 Å². The van der Waals surface area contributed by atoms with Gasteiger partial charge < -0.3 is 4.98 Å². The van der Waals surface area contributed by atoms with Gasteiger partial charge >= 0.3 is 5.69 Å². The first-order valence-electron chi connectivity index (χ1n) is 3.01. The maximum absolute atomic E-state index is 10.6. The van der Waals surface area contributed by atoms with Crippen LogP contribution in [0.15, 0.2) is 17.1 Å². The summed E-state index contributed by atoms with van der Waals surface area (Å²) >= 11 is 0. The van der Waals surface area contributed by atoms with Crippen LogP contribution in [0.2, 0.25) is 0 Å². The molecule has 0 aliphatic carbocycles. The molecule has 0 radical (unpaired) electrons. The number of hydrogen-bond donors (Lipinski definition) is 2. The molecule has 6 nitrogen and oxygen atoms in total. The van der Waals surface area contributed by atoms with Gasteiger partial charge in [-0.1, -0.05) is 0 Å². The summed E-state index contributed by atoms with van der Waals surface area (Å²) in [6, 6.07) is 1.35. The number of rotatable bonds is 2. The third-order valence-corrected chi connectivity index (χ3v) is 1.54. The van der Waals surface area contributed by atoms with Gasteiger partial charge in [-0.2, -0.15) is 4.98 Å². The fourth-order valence-electron chi connectivity index (χ4n) is 0.618. The summed E-state index contributed by atoms with van der Waals surface area (Å²) in [7, 11) is -3.36. The minimum Gasteiger partial charge on any atom is -0.313 e. The Morgan fingerprint density at radius 1 is 1.58 bits per heavy atom. The van der Waals surface area contributed by atoms with Crippen molar-refractivity contribution in [2.45, 2.75) is 0 Å². The van der Waals surface area contributed by atoms with Crippen LogP contribution < -0.4 is 10.4 Å². The van der Waals surface area contributed by atoms with Crippen molar-refractivity contribution < 1.29 is 8.42 Å². The Morgan fingerprint density at radius 3 is 2.75 bits per heavy atom. The van der Waals surface area contributed by atoms with Crippen LogP contribution in [0, 0.1) is 0 Å². The molecule has 1 rings (SSSR count). The maximum atomic E-state index is 10.6. The normalized spacial score (nSPS) is 11.1. The van der Waals surface area contributed by atoms with E-state index in [0.29, 0.717) is 0 Å². The first-order valence-corrected chi connectivity index (χ1v) is 4.90. The summed E-state index contributed by atoms with van der Waals surface area (Å²) in [6.07, 6.45) is 2.29. The molecule has 12 heavy (non-hydrogen) atoms. The molecule has 0 aliphatic heterocycles. The fourth-order valence-corrected chi connectivity index (χ4v) is 1.11. The molecule has 0 amide bonds. The van der Waals surface area contributed by atoms with Crippen LogP contribution in [0.1, 0.15) is 0 Å². The standard InChI is InChI=1S/C5H7N3O3S/c1-12(10,11)8-4-2-3-6-5(9)7-4/h2-3H,1H3,(H2,6,7,8,9). The Labute approximate surface area is 68.7 Å². The van der Waals surface area contributed by atoms with Gasteiger partial charge in [0.05, 0.1) is 6.26 Å². The summed E-state index contributed by atoms with van der Waals surface area (Å²) in [5.41, 5.74) is -0.594. The molecule has 1 heterocycles. The monoisotopic (exact) mass is 189 g/mol. The molecule has 2 N–H and O–H groups in total. The smallest absolute Gasteiger partial charge is 0.313 e. The quantitative estimate of drug-likeness (QED) is 0.633. The van der Waals surface area contributed by atoms with Crippen LogP contribution in [0.25, 0.3) is 0 Å². The van der Waals surface area contributed by atoms with Crippen LogP contribution in [0.5, 0.6) is 0 Å². The van der Waals surface area contributed by atoms with E-state index in [1.54, 1.807) is 0 Å². The second-order valence-electron chi connectivity index (χ2n) is 2.15. The zero-order chi connectivity index (χ0) is 9.19. The zero-order valence-corrected chi connectivity index (χ0v) is 7.05. The molecule has 7 heteroatoms. The Morgan fingerprint density at radius 2 is 2.25 bits per heavy atom. The predicted octanol–water partition coefficient (Wildman–Crippen LogP) is -0.859. The summed E-state index contributed by atoms with van der Waals surface area (Å²) in [4.78, 5) is 16.2. The topological polar surface area (TPSA) is 91.9 Å². The number of nitrogens with zero attached hydrogens (tertiary/aromatic N) is 1. The molecule has 0 atom stereocenters. The molecule has 0 aliphatic rings. The molecule has 0 fully saturated rings. The van der Waals surface area contributed by atoms with E-state index >= 15 is 0 Å². The Bertz CT molecular complexity index is 422. The summed E-state index contributed by atoms with van der Waals surface area (Å²) in [5, 5.41) is 0.